The van der Waals surface area contributed by atoms with Crippen molar-refractivity contribution >= 4 is 5.91 Å². The number of rotatable bonds is 2. The van der Waals surface area contributed by atoms with Gasteiger partial charge in [0, 0.05) is 33.1 Å². The average molecular weight is 210 g/mol. The second-order valence-electron chi connectivity index (χ2n) is 5.22. The van der Waals surface area contributed by atoms with E-state index in [1.54, 1.807) is 6.92 Å². The molecule has 15 heavy (non-hydrogen) atoms. The van der Waals surface area contributed by atoms with Gasteiger partial charge in [-0.25, -0.2) is 0 Å². The first kappa shape index (κ1) is 10.9. The van der Waals surface area contributed by atoms with Crippen molar-refractivity contribution in [1.82, 2.24) is 9.80 Å². The summed E-state index contributed by atoms with van der Waals surface area (Å²) in [6.07, 6.45) is 3.69. The van der Waals surface area contributed by atoms with Crippen LogP contribution < -0.4 is 0 Å². The first-order valence-electron chi connectivity index (χ1n) is 6.13. The Morgan fingerprint density at radius 1 is 1.27 bits per heavy atom. The Morgan fingerprint density at radius 3 is 2.33 bits per heavy atom. The summed E-state index contributed by atoms with van der Waals surface area (Å²) in [7, 11) is 0. The third kappa shape index (κ3) is 2.17. The van der Waals surface area contributed by atoms with E-state index in [9.17, 15) is 4.79 Å². The Kier molecular flexibility index (Phi) is 3.01. The summed E-state index contributed by atoms with van der Waals surface area (Å²) >= 11 is 0. The van der Waals surface area contributed by atoms with Crippen molar-refractivity contribution in [3.05, 3.63) is 0 Å². The molecule has 0 radical (unpaired) electrons. The predicted octanol–water partition coefficient (Wildman–Crippen LogP) is 1.34. The van der Waals surface area contributed by atoms with Crippen molar-refractivity contribution in [2.24, 2.45) is 5.41 Å². The molecule has 0 unspecified atom stereocenters. The molecule has 86 valence electrons. The van der Waals surface area contributed by atoms with Gasteiger partial charge in [0.25, 0.3) is 0 Å². The molecule has 2 aliphatic heterocycles. The van der Waals surface area contributed by atoms with Crippen LogP contribution in [-0.2, 0) is 4.79 Å². The summed E-state index contributed by atoms with van der Waals surface area (Å²) in [5, 5.41) is 0. The summed E-state index contributed by atoms with van der Waals surface area (Å²) in [4.78, 5) is 15.7. The van der Waals surface area contributed by atoms with Crippen LogP contribution in [0.15, 0.2) is 0 Å². The molecule has 0 aromatic rings. The van der Waals surface area contributed by atoms with Crippen molar-refractivity contribution in [3.8, 4) is 0 Å². The van der Waals surface area contributed by atoms with E-state index in [0.717, 1.165) is 13.1 Å². The summed E-state index contributed by atoms with van der Waals surface area (Å²) in [6, 6.07) is 0. The quantitative estimate of drug-likeness (QED) is 0.686. The van der Waals surface area contributed by atoms with E-state index in [1.807, 2.05) is 4.90 Å². The zero-order chi connectivity index (χ0) is 10.9. The number of piperidine rings is 1. The van der Waals surface area contributed by atoms with Gasteiger partial charge in [0.05, 0.1) is 0 Å². The maximum atomic E-state index is 11.2. The highest BCUT2D eigenvalue weighted by molar-refractivity contribution is 5.73. The minimum absolute atomic E-state index is 0.245. The van der Waals surface area contributed by atoms with Crippen LogP contribution in [0.4, 0.5) is 0 Å². The topological polar surface area (TPSA) is 23.6 Å². The SMILES string of the molecule is CCCN1CC2(CCN(C(C)=O)CC2)C1. The van der Waals surface area contributed by atoms with E-state index in [1.165, 1.54) is 38.9 Å². The van der Waals surface area contributed by atoms with Gasteiger partial charge in [0.15, 0.2) is 0 Å². The first-order chi connectivity index (χ1) is 7.15. The van der Waals surface area contributed by atoms with E-state index < -0.39 is 0 Å². The highest BCUT2D eigenvalue weighted by atomic mass is 16.2. The summed E-state index contributed by atoms with van der Waals surface area (Å²) < 4.78 is 0. The van der Waals surface area contributed by atoms with Crippen LogP contribution in [0.2, 0.25) is 0 Å². The van der Waals surface area contributed by atoms with Crippen LogP contribution in [0.5, 0.6) is 0 Å². The number of nitrogens with zero attached hydrogens (tertiary/aromatic N) is 2. The van der Waals surface area contributed by atoms with Crippen molar-refractivity contribution < 1.29 is 4.79 Å². The number of hydrogen-bond donors (Lipinski definition) is 0. The maximum absolute atomic E-state index is 11.2. The maximum Gasteiger partial charge on any atom is 0.219 e. The molecule has 0 bridgehead atoms. The fraction of sp³-hybridized carbons (Fsp3) is 0.917. The van der Waals surface area contributed by atoms with Gasteiger partial charge in [-0.3, -0.25) is 4.79 Å². The number of amides is 1. The van der Waals surface area contributed by atoms with Gasteiger partial charge < -0.3 is 9.80 Å². The molecule has 2 saturated heterocycles. The van der Waals surface area contributed by atoms with Crippen LogP contribution in [0.25, 0.3) is 0 Å². The lowest BCUT2D eigenvalue weighted by Crippen LogP contribution is -2.60. The monoisotopic (exact) mass is 210 g/mol. The smallest absolute Gasteiger partial charge is 0.219 e. The average Bonchev–Trinajstić information content (AvgIpc) is 2.16. The van der Waals surface area contributed by atoms with Gasteiger partial charge in [-0.1, -0.05) is 6.92 Å². The summed E-state index contributed by atoms with van der Waals surface area (Å²) in [5.74, 6) is 0.245. The Labute approximate surface area is 92.4 Å². The highest BCUT2D eigenvalue weighted by Crippen LogP contribution is 2.40. The van der Waals surface area contributed by atoms with Crippen LogP contribution in [0.3, 0.4) is 0 Å². The molecule has 0 saturated carbocycles. The fourth-order valence-electron chi connectivity index (χ4n) is 2.99. The lowest BCUT2D eigenvalue weighted by atomic mass is 9.72. The molecular formula is C12H22N2O. The minimum atomic E-state index is 0.245. The van der Waals surface area contributed by atoms with Crippen LogP contribution >= 0.6 is 0 Å². The van der Waals surface area contributed by atoms with E-state index >= 15 is 0 Å². The molecule has 0 aliphatic carbocycles. The summed E-state index contributed by atoms with van der Waals surface area (Å²) in [5.41, 5.74) is 0.571. The number of carbonyl (C=O) groups is 1. The minimum Gasteiger partial charge on any atom is -0.343 e. The first-order valence-corrected chi connectivity index (χ1v) is 6.13. The molecular weight excluding hydrogens is 188 g/mol. The normalized spacial score (nSPS) is 25.3. The fourth-order valence-corrected chi connectivity index (χ4v) is 2.99. The zero-order valence-electron chi connectivity index (χ0n) is 9.96. The third-order valence-corrected chi connectivity index (χ3v) is 3.93. The Bertz CT molecular complexity index is 236. The molecule has 0 aromatic carbocycles. The lowest BCUT2D eigenvalue weighted by Gasteiger charge is -2.54. The van der Waals surface area contributed by atoms with Crippen LogP contribution in [0, 0.1) is 5.41 Å². The molecule has 3 nitrogen and oxygen atoms in total. The van der Waals surface area contributed by atoms with Gasteiger partial charge in [0.2, 0.25) is 5.91 Å². The molecule has 1 amide bonds. The van der Waals surface area contributed by atoms with E-state index in [4.69, 9.17) is 0 Å². The number of hydrogen-bond acceptors (Lipinski definition) is 2. The molecule has 2 rings (SSSR count). The van der Waals surface area contributed by atoms with Crippen LogP contribution in [-0.4, -0.2) is 48.4 Å². The standard InChI is InChI=1S/C12H22N2O/c1-3-6-13-9-12(10-13)4-7-14(8-5-12)11(2)15/h3-10H2,1-2H3. The number of likely N-dealkylation sites (tertiary alicyclic amines) is 2. The zero-order valence-corrected chi connectivity index (χ0v) is 9.96. The van der Waals surface area contributed by atoms with Crippen molar-refractivity contribution in [1.29, 1.82) is 0 Å². The molecule has 3 heteroatoms. The molecule has 0 N–H and O–H groups in total. The third-order valence-electron chi connectivity index (χ3n) is 3.93. The number of carbonyl (C=O) groups excluding carboxylic acids is 1. The molecule has 2 aliphatic rings. The largest absolute Gasteiger partial charge is 0.343 e. The van der Waals surface area contributed by atoms with Gasteiger partial charge in [-0.2, -0.15) is 0 Å². The molecule has 1 spiro atoms. The predicted molar refractivity (Wildman–Crippen MR) is 60.7 cm³/mol. The molecule has 2 fully saturated rings. The van der Waals surface area contributed by atoms with Gasteiger partial charge in [0.1, 0.15) is 0 Å². The molecule has 0 atom stereocenters. The van der Waals surface area contributed by atoms with Crippen molar-refractivity contribution in [2.45, 2.75) is 33.1 Å². The molecule has 0 aromatic heterocycles. The Hall–Kier alpha value is -0.570. The summed E-state index contributed by atoms with van der Waals surface area (Å²) in [6.45, 7) is 9.67. The molecule has 2 heterocycles. The van der Waals surface area contributed by atoms with Gasteiger partial charge in [-0.15, -0.1) is 0 Å². The van der Waals surface area contributed by atoms with Crippen molar-refractivity contribution in [3.63, 3.8) is 0 Å². The van der Waals surface area contributed by atoms with E-state index in [-0.39, 0.29) is 5.91 Å². The second kappa shape index (κ2) is 4.12. The van der Waals surface area contributed by atoms with Crippen molar-refractivity contribution in [2.75, 3.05) is 32.7 Å². The van der Waals surface area contributed by atoms with Gasteiger partial charge in [-0.05, 0) is 31.2 Å². The highest BCUT2D eigenvalue weighted by Gasteiger charge is 2.44. The second-order valence-corrected chi connectivity index (χ2v) is 5.22. The van der Waals surface area contributed by atoms with E-state index in [0.29, 0.717) is 5.41 Å². The van der Waals surface area contributed by atoms with Crippen LogP contribution in [0.1, 0.15) is 33.1 Å². The van der Waals surface area contributed by atoms with E-state index in [2.05, 4.69) is 11.8 Å². The Balaban J connectivity index is 1.77. The Morgan fingerprint density at radius 2 is 1.87 bits per heavy atom. The van der Waals surface area contributed by atoms with Gasteiger partial charge >= 0.3 is 0 Å². The lowest BCUT2D eigenvalue weighted by molar-refractivity contribution is -0.133.